The summed E-state index contributed by atoms with van der Waals surface area (Å²) in [5, 5.41) is 5.78. The predicted molar refractivity (Wildman–Crippen MR) is 128 cm³/mol. The number of nitrogens with one attached hydrogen (secondary N) is 2. The van der Waals surface area contributed by atoms with Crippen molar-refractivity contribution in [2.24, 2.45) is 23.2 Å². The van der Waals surface area contributed by atoms with Gasteiger partial charge in [-0.1, -0.05) is 39.8 Å². The molecule has 1 aromatic carbocycles. The molecule has 8 heteroatoms. The number of rotatable bonds is 7. The van der Waals surface area contributed by atoms with E-state index in [0.717, 1.165) is 12.8 Å². The summed E-state index contributed by atoms with van der Waals surface area (Å²) in [6, 6.07) is 7.15. The number of carbonyl (C=O) groups excluding carboxylic acids is 2. The largest absolute Gasteiger partial charge is 0.481 e. The Labute approximate surface area is 199 Å². The van der Waals surface area contributed by atoms with E-state index >= 15 is 0 Å². The van der Waals surface area contributed by atoms with E-state index in [1.807, 2.05) is 6.07 Å². The normalized spacial score (nSPS) is 31.0. The molecule has 6 nitrogen and oxygen atoms in total. The first-order valence-electron chi connectivity index (χ1n) is 11.7. The monoisotopic (exact) mass is 504 g/mol. The Morgan fingerprint density at radius 3 is 2.59 bits per heavy atom. The van der Waals surface area contributed by atoms with Crippen molar-refractivity contribution < 1.29 is 18.9 Å². The van der Waals surface area contributed by atoms with Crippen LogP contribution in [0.1, 0.15) is 64.2 Å². The Kier molecular flexibility index (Phi) is 6.51. The second-order valence-electron chi connectivity index (χ2n) is 10.8. The van der Waals surface area contributed by atoms with E-state index in [4.69, 9.17) is 9.31 Å². The van der Waals surface area contributed by atoms with Crippen molar-refractivity contribution in [3.05, 3.63) is 34.3 Å². The van der Waals surface area contributed by atoms with Gasteiger partial charge in [0.2, 0.25) is 5.91 Å². The summed E-state index contributed by atoms with van der Waals surface area (Å²) >= 11 is 3.37. The van der Waals surface area contributed by atoms with Crippen LogP contribution in [-0.2, 0) is 14.1 Å². The lowest BCUT2D eigenvalue weighted by Crippen LogP contribution is -2.65. The molecule has 1 aliphatic heterocycles. The van der Waals surface area contributed by atoms with E-state index in [1.165, 1.54) is 6.42 Å². The fraction of sp³-hybridized carbons (Fsp3) is 0.667. The summed E-state index contributed by atoms with van der Waals surface area (Å²) in [5.74, 6) is 0.727. The van der Waals surface area contributed by atoms with Gasteiger partial charge in [0.25, 0.3) is 5.91 Å². The molecule has 1 aromatic rings. The van der Waals surface area contributed by atoms with Gasteiger partial charge in [0.05, 0.1) is 29.8 Å². The Morgan fingerprint density at radius 2 is 1.94 bits per heavy atom. The lowest BCUT2D eigenvalue weighted by molar-refractivity contribution is -0.199. The van der Waals surface area contributed by atoms with Gasteiger partial charge in [0.1, 0.15) is 0 Å². The maximum atomic E-state index is 12.7. The average Bonchev–Trinajstić information content (AvgIpc) is 3.08. The first kappa shape index (κ1) is 23.8. The van der Waals surface area contributed by atoms with E-state index in [9.17, 15) is 9.59 Å². The molecule has 32 heavy (non-hydrogen) atoms. The zero-order valence-electron chi connectivity index (χ0n) is 19.6. The van der Waals surface area contributed by atoms with Gasteiger partial charge >= 0.3 is 7.12 Å². The highest BCUT2D eigenvalue weighted by Crippen LogP contribution is 2.65. The Bertz CT molecular complexity index is 895. The molecule has 174 valence electrons. The summed E-state index contributed by atoms with van der Waals surface area (Å²) in [5.41, 5.74) is 0.465. The molecule has 0 unspecified atom stereocenters. The highest BCUT2D eigenvalue weighted by Gasteiger charge is 2.68. The standard InChI is InChI=1S/C24H34BBrN2O4/c1-14(2)10-20(28-21(29)13-27-22(30)16-8-6-7-9-17(16)26)25-31-19-12-15-11-18(23(15,3)4)24(19,5)32-25/h6-9,14-15,18-20H,10-13H2,1-5H3,(H,27,30)(H,28,29)/t15-,18-,19-,20+,24+/m1/s1. The Balaban J connectivity index is 1.38. The maximum absolute atomic E-state index is 12.7. The van der Waals surface area contributed by atoms with Gasteiger partial charge in [-0.3, -0.25) is 9.59 Å². The topological polar surface area (TPSA) is 76.7 Å². The lowest BCUT2D eigenvalue weighted by Gasteiger charge is -2.64. The van der Waals surface area contributed by atoms with Crippen molar-refractivity contribution in [2.75, 3.05) is 6.54 Å². The number of carbonyl (C=O) groups is 2. The molecule has 3 saturated carbocycles. The Hall–Kier alpha value is -1.38. The lowest BCUT2D eigenvalue weighted by atomic mass is 9.43. The summed E-state index contributed by atoms with van der Waals surface area (Å²) in [6.07, 6.45) is 3.03. The molecule has 2 bridgehead atoms. The zero-order valence-corrected chi connectivity index (χ0v) is 21.2. The zero-order chi connectivity index (χ0) is 23.3. The SMILES string of the molecule is CC(C)C[C@H](NC(=O)CNC(=O)c1ccccc1Br)B1O[C@@H]2C[C@H]3C[C@H](C3(C)C)[C@]2(C)O1. The molecule has 0 spiro atoms. The van der Waals surface area contributed by atoms with Crippen molar-refractivity contribution in [2.45, 2.75) is 71.5 Å². The van der Waals surface area contributed by atoms with Crippen molar-refractivity contribution in [1.82, 2.24) is 10.6 Å². The number of hydrogen-bond donors (Lipinski definition) is 2. The van der Waals surface area contributed by atoms with Crippen molar-refractivity contribution >= 4 is 34.9 Å². The van der Waals surface area contributed by atoms with Crippen LogP contribution in [0.15, 0.2) is 28.7 Å². The first-order valence-corrected chi connectivity index (χ1v) is 12.5. The second kappa shape index (κ2) is 8.77. The maximum Gasteiger partial charge on any atom is 0.481 e. The van der Waals surface area contributed by atoms with Gasteiger partial charge in [-0.05, 0) is 77.4 Å². The quantitative estimate of drug-likeness (QED) is 0.550. The van der Waals surface area contributed by atoms with Crippen LogP contribution in [0, 0.1) is 23.2 Å². The van der Waals surface area contributed by atoms with Crippen LogP contribution in [0.3, 0.4) is 0 Å². The van der Waals surface area contributed by atoms with Gasteiger partial charge < -0.3 is 19.9 Å². The van der Waals surface area contributed by atoms with Gasteiger partial charge in [0.15, 0.2) is 0 Å². The average molecular weight is 505 g/mol. The summed E-state index contributed by atoms with van der Waals surface area (Å²) in [6.45, 7) is 11.0. The number of amides is 2. The molecule has 0 aromatic heterocycles. The van der Waals surface area contributed by atoms with E-state index in [-0.39, 0.29) is 41.4 Å². The molecule has 1 heterocycles. The van der Waals surface area contributed by atoms with Crippen molar-refractivity contribution in [1.29, 1.82) is 0 Å². The molecule has 5 rings (SSSR count). The molecular formula is C24H34BBrN2O4. The number of benzene rings is 1. The number of halogens is 1. The predicted octanol–water partition coefficient (Wildman–Crippen LogP) is 3.98. The van der Waals surface area contributed by atoms with E-state index in [0.29, 0.717) is 27.8 Å². The molecule has 2 amide bonds. The first-order chi connectivity index (χ1) is 15.0. The molecule has 3 aliphatic carbocycles. The highest BCUT2D eigenvalue weighted by molar-refractivity contribution is 9.10. The molecule has 2 N–H and O–H groups in total. The third kappa shape index (κ3) is 4.26. The smallest absolute Gasteiger partial charge is 0.404 e. The fourth-order valence-electron chi connectivity index (χ4n) is 5.98. The minimum Gasteiger partial charge on any atom is -0.404 e. The van der Waals surface area contributed by atoms with Crippen LogP contribution < -0.4 is 10.6 Å². The van der Waals surface area contributed by atoms with E-state index < -0.39 is 7.12 Å². The van der Waals surface area contributed by atoms with Gasteiger partial charge in [0, 0.05) is 4.47 Å². The Morgan fingerprint density at radius 1 is 1.22 bits per heavy atom. The second-order valence-corrected chi connectivity index (χ2v) is 11.7. The number of hydrogen-bond acceptors (Lipinski definition) is 4. The summed E-state index contributed by atoms with van der Waals surface area (Å²) in [7, 11) is -0.467. The fourth-order valence-corrected chi connectivity index (χ4v) is 6.44. The highest BCUT2D eigenvalue weighted by atomic mass is 79.9. The van der Waals surface area contributed by atoms with Crippen molar-refractivity contribution in [3.63, 3.8) is 0 Å². The van der Waals surface area contributed by atoms with Gasteiger partial charge in [-0.2, -0.15) is 0 Å². The molecule has 0 radical (unpaired) electrons. The van der Waals surface area contributed by atoms with E-state index in [1.54, 1.807) is 18.2 Å². The van der Waals surface area contributed by atoms with Crippen LogP contribution in [0.25, 0.3) is 0 Å². The minimum atomic E-state index is -0.467. The van der Waals surface area contributed by atoms with Gasteiger partial charge in [-0.15, -0.1) is 0 Å². The molecular weight excluding hydrogens is 471 g/mol. The van der Waals surface area contributed by atoms with Gasteiger partial charge in [-0.25, -0.2) is 0 Å². The molecule has 5 atom stereocenters. The van der Waals surface area contributed by atoms with Crippen molar-refractivity contribution in [3.8, 4) is 0 Å². The molecule has 1 saturated heterocycles. The molecule has 4 fully saturated rings. The third-order valence-electron chi connectivity index (χ3n) is 7.90. The van der Waals surface area contributed by atoms with Crippen LogP contribution in [0.4, 0.5) is 0 Å². The molecule has 4 aliphatic rings. The van der Waals surface area contributed by atoms with Crippen LogP contribution in [-0.4, -0.2) is 43.1 Å². The van der Waals surface area contributed by atoms with E-state index in [2.05, 4.69) is 61.2 Å². The van der Waals surface area contributed by atoms with Crippen LogP contribution in [0.5, 0.6) is 0 Å². The van der Waals surface area contributed by atoms with Crippen LogP contribution in [0.2, 0.25) is 0 Å². The summed E-state index contributed by atoms with van der Waals surface area (Å²) in [4.78, 5) is 25.2. The minimum absolute atomic E-state index is 0.0750. The van der Waals surface area contributed by atoms with Crippen LogP contribution >= 0.6 is 15.9 Å². The summed E-state index contributed by atoms with van der Waals surface area (Å²) < 4.78 is 13.7. The third-order valence-corrected chi connectivity index (χ3v) is 8.59.